The van der Waals surface area contributed by atoms with Crippen LogP contribution in [0.1, 0.15) is 11.1 Å². The molecule has 0 unspecified atom stereocenters. The first-order chi connectivity index (χ1) is 8.33. The van der Waals surface area contributed by atoms with E-state index < -0.39 is 0 Å². The van der Waals surface area contributed by atoms with Crippen molar-refractivity contribution in [3.05, 3.63) is 70.7 Å². The average molecular weight is 286 g/mol. The monoisotopic (exact) mass is 285 g/mol. The molecular weight excluding hydrogens is 276 g/mol. The third-order valence-corrected chi connectivity index (χ3v) is 3.41. The SMILES string of the molecule is Brc1ccccc1[CH]c1ccc2[nH]ncc2c1. The van der Waals surface area contributed by atoms with Gasteiger partial charge in [0.1, 0.15) is 0 Å². The highest BCUT2D eigenvalue weighted by Crippen LogP contribution is 2.22. The Labute approximate surface area is 108 Å². The summed E-state index contributed by atoms with van der Waals surface area (Å²) >= 11 is 3.55. The molecular formula is C14H10BrN2. The van der Waals surface area contributed by atoms with Crippen LogP contribution < -0.4 is 0 Å². The Morgan fingerprint density at radius 3 is 2.88 bits per heavy atom. The molecule has 0 amide bonds. The fraction of sp³-hybridized carbons (Fsp3) is 0. The minimum atomic E-state index is 1.06. The lowest BCUT2D eigenvalue weighted by atomic mass is 10.0. The molecule has 83 valence electrons. The molecule has 3 rings (SSSR count). The Morgan fingerprint density at radius 2 is 2.00 bits per heavy atom. The molecule has 0 fully saturated rings. The molecule has 0 aliphatic rings. The number of halogens is 1. The molecule has 3 aromatic rings. The highest BCUT2D eigenvalue weighted by atomic mass is 79.9. The van der Waals surface area contributed by atoms with E-state index >= 15 is 0 Å². The summed E-state index contributed by atoms with van der Waals surface area (Å²) in [5.74, 6) is 0. The largest absolute Gasteiger partial charge is 0.278 e. The Bertz CT molecular complexity index is 658. The number of nitrogens with zero attached hydrogens (tertiary/aromatic N) is 1. The normalized spacial score (nSPS) is 10.9. The molecule has 1 radical (unpaired) electrons. The summed E-state index contributed by atoms with van der Waals surface area (Å²) in [6, 6.07) is 14.4. The lowest BCUT2D eigenvalue weighted by molar-refractivity contribution is 1.12. The van der Waals surface area contributed by atoms with E-state index in [0.29, 0.717) is 0 Å². The van der Waals surface area contributed by atoms with Crippen LogP contribution in [0.4, 0.5) is 0 Å². The molecule has 1 aromatic heterocycles. The Kier molecular flexibility index (Phi) is 2.69. The summed E-state index contributed by atoms with van der Waals surface area (Å²) in [7, 11) is 0. The molecule has 0 saturated heterocycles. The van der Waals surface area contributed by atoms with Crippen LogP contribution in [0.2, 0.25) is 0 Å². The van der Waals surface area contributed by atoms with E-state index in [1.807, 2.05) is 30.5 Å². The zero-order valence-electron chi connectivity index (χ0n) is 9.02. The Balaban J connectivity index is 1.97. The quantitative estimate of drug-likeness (QED) is 0.759. The number of fused-ring (bicyclic) bond motifs is 1. The molecule has 1 heterocycles. The molecule has 0 atom stereocenters. The summed E-state index contributed by atoms with van der Waals surface area (Å²) in [4.78, 5) is 0. The van der Waals surface area contributed by atoms with Crippen LogP contribution in [0.3, 0.4) is 0 Å². The Hall–Kier alpha value is -1.61. The van der Waals surface area contributed by atoms with Crippen LogP contribution in [0.25, 0.3) is 10.9 Å². The van der Waals surface area contributed by atoms with Crippen molar-refractivity contribution < 1.29 is 0 Å². The lowest BCUT2D eigenvalue weighted by Crippen LogP contribution is -1.86. The lowest BCUT2D eigenvalue weighted by Gasteiger charge is -2.04. The molecule has 2 nitrogen and oxygen atoms in total. The van der Waals surface area contributed by atoms with E-state index in [1.54, 1.807) is 0 Å². The number of aromatic amines is 1. The third-order valence-electron chi connectivity index (χ3n) is 2.69. The molecule has 0 aliphatic carbocycles. The summed E-state index contributed by atoms with van der Waals surface area (Å²) < 4.78 is 1.10. The first kappa shape index (κ1) is 10.5. The van der Waals surface area contributed by atoms with Gasteiger partial charge >= 0.3 is 0 Å². The van der Waals surface area contributed by atoms with Crippen molar-refractivity contribution in [2.24, 2.45) is 0 Å². The van der Waals surface area contributed by atoms with Crippen molar-refractivity contribution in [1.82, 2.24) is 10.2 Å². The number of rotatable bonds is 2. The second-order valence-corrected chi connectivity index (χ2v) is 4.74. The molecule has 0 aliphatic heterocycles. The average Bonchev–Trinajstić information content (AvgIpc) is 2.79. The predicted molar refractivity (Wildman–Crippen MR) is 72.7 cm³/mol. The first-order valence-corrected chi connectivity index (χ1v) is 6.15. The molecule has 2 aromatic carbocycles. The standard InChI is InChI=1S/C14H10BrN2/c15-13-4-2-1-3-11(13)7-10-5-6-14-12(8-10)9-16-17-14/h1-9H,(H,16,17). The minimum absolute atomic E-state index is 1.06. The fourth-order valence-electron chi connectivity index (χ4n) is 1.82. The summed E-state index contributed by atoms with van der Waals surface area (Å²) in [5, 5.41) is 8.10. The number of hydrogen-bond acceptors (Lipinski definition) is 1. The topological polar surface area (TPSA) is 28.7 Å². The number of aromatic nitrogens is 2. The molecule has 0 bridgehead atoms. The van der Waals surface area contributed by atoms with E-state index in [2.05, 4.69) is 50.7 Å². The smallest absolute Gasteiger partial charge is 0.0650 e. The summed E-state index contributed by atoms with van der Waals surface area (Å²) in [6.07, 6.45) is 3.99. The zero-order chi connectivity index (χ0) is 11.7. The van der Waals surface area contributed by atoms with Gasteiger partial charge in [-0.25, -0.2) is 0 Å². The van der Waals surface area contributed by atoms with Gasteiger partial charge in [-0.3, -0.25) is 5.10 Å². The van der Waals surface area contributed by atoms with Gasteiger partial charge in [0.25, 0.3) is 0 Å². The van der Waals surface area contributed by atoms with E-state index in [1.165, 1.54) is 11.1 Å². The van der Waals surface area contributed by atoms with Gasteiger partial charge in [0, 0.05) is 16.3 Å². The van der Waals surface area contributed by atoms with Gasteiger partial charge in [-0.2, -0.15) is 5.10 Å². The van der Waals surface area contributed by atoms with Crippen molar-refractivity contribution >= 4 is 26.8 Å². The van der Waals surface area contributed by atoms with Crippen molar-refractivity contribution in [2.45, 2.75) is 0 Å². The highest BCUT2D eigenvalue weighted by Gasteiger charge is 2.02. The van der Waals surface area contributed by atoms with Gasteiger partial charge < -0.3 is 0 Å². The number of nitrogens with one attached hydrogen (secondary N) is 1. The van der Waals surface area contributed by atoms with Crippen molar-refractivity contribution in [3.8, 4) is 0 Å². The maximum absolute atomic E-state index is 4.02. The number of benzene rings is 2. The second-order valence-electron chi connectivity index (χ2n) is 3.88. The van der Waals surface area contributed by atoms with Crippen molar-refractivity contribution in [2.75, 3.05) is 0 Å². The number of H-pyrrole nitrogens is 1. The number of hydrogen-bond donors (Lipinski definition) is 1. The second kappa shape index (κ2) is 4.34. The van der Waals surface area contributed by atoms with Gasteiger partial charge in [-0.05, 0) is 29.3 Å². The first-order valence-electron chi connectivity index (χ1n) is 5.35. The van der Waals surface area contributed by atoms with Crippen LogP contribution >= 0.6 is 15.9 Å². The fourth-order valence-corrected chi connectivity index (χ4v) is 2.22. The van der Waals surface area contributed by atoms with Crippen LogP contribution in [0, 0.1) is 6.42 Å². The van der Waals surface area contributed by atoms with Gasteiger partial charge in [0.15, 0.2) is 0 Å². The summed E-state index contributed by atoms with van der Waals surface area (Å²) in [5.41, 5.74) is 3.41. The highest BCUT2D eigenvalue weighted by molar-refractivity contribution is 9.10. The summed E-state index contributed by atoms with van der Waals surface area (Å²) in [6.45, 7) is 0. The molecule has 0 spiro atoms. The molecule has 0 saturated carbocycles. The van der Waals surface area contributed by atoms with Gasteiger partial charge in [-0.15, -0.1) is 0 Å². The van der Waals surface area contributed by atoms with Gasteiger partial charge in [0.05, 0.1) is 11.7 Å². The van der Waals surface area contributed by atoms with Crippen LogP contribution in [-0.4, -0.2) is 10.2 Å². The zero-order valence-corrected chi connectivity index (χ0v) is 10.6. The van der Waals surface area contributed by atoms with Crippen molar-refractivity contribution in [1.29, 1.82) is 0 Å². The molecule has 3 heteroatoms. The van der Waals surface area contributed by atoms with Crippen LogP contribution in [0.15, 0.2) is 53.1 Å². The molecule has 1 N–H and O–H groups in total. The third kappa shape index (κ3) is 2.11. The predicted octanol–water partition coefficient (Wildman–Crippen LogP) is 3.93. The Morgan fingerprint density at radius 1 is 1.12 bits per heavy atom. The van der Waals surface area contributed by atoms with Crippen molar-refractivity contribution in [3.63, 3.8) is 0 Å². The maximum atomic E-state index is 4.02. The van der Waals surface area contributed by atoms with E-state index in [0.717, 1.165) is 15.4 Å². The van der Waals surface area contributed by atoms with Gasteiger partial charge in [0.2, 0.25) is 0 Å². The van der Waals surface area contributed by atoms with E-state index in [-0.39, 0.29) is 0 Å². The minimum Gasteiger partial charge on any atom is -0.278 e. The van der Waals surface area contributed by atoms with E-state index in [9.17, 15) is 0 Å². The van der Waals surface area contributed by atoms with Crippen LogP contribution in [-0.2, 0) is 0 Å². The van der Waals surface area contributed by atoms with E-state index in [4.69, 9.17) is 0 Å². The van der Waals surface area contributed by atoms with Gasteiger partial charge in [-0.1, -0.05) is 40.2 Å². The molecule has 17 heavy (non-hydrogen) atoms. The van der Waals surface area contributed by atoms with Crippen LogP contribution in [0.5, 0.6) is 0 Å². The maximum Gasteiger partial charge on any atom is 0.0650 e.